The third-order valence-corrected chi connectivity index (χ3v) is 5.19. The number of benzene rings is 1. The molecule has 0 aliphatic heterocycles. The molecule has 2 aromatic rings. The van der Waals surface area contributed by atoms with Gasteiger partial charge in [0.05, 0.1) is 11.3 Å². The van der Waals surface area contributed by atoms with E-state index in [-0.39, 0.29) is 11.7 Å². The standard InChI is InChI=1S/C21H26N4OS/c1-6-25(14(2)3)18-9-7-17(8-10-18)24-20(26)13-27-21-19(12-22)15(4)11-16(5)23-21/h7-11,14H,6,13H2,1-5H3,(H,24,26). The number of nitrogens with one attached hydrogen (secondary N) is 1. The van der Waals surface area contributed by atoms with Crippen LogP contribution in [-0.2, 0) is 4.79 Å². The number of rotatable bonds is 7. The molecule has 142 valence electrons. The summed E-state index contributed by atoms with van der Waals surface area (Å²) < 4.78 is 0. The van der Waals surface area contributed by atoms with Crippen LogP contribution in [0.5, 0.6) is 0 Å². The lowest BCUT2D eigenvalue weighted by molar-refractivity contribution is -0.113. The van der Waals surface area contributed by atoms with Crippen molar-refractivity contribution in [1.29, 1.82) is 5.26 Å². The zero-order chi connectivity index (χ0) is 20.0. The Bertz CT molecular complexity index is 840. The first-order valence-electron chi connectivity index (χ1n) is 9.03. The fraction of sp³-hybridized carbons (Fsp3) is 0.381. The molecule has 0 aliphatic carbocycles. The average molecular weight is 383 g/mol. The molecule has 0 bridgehead atoms. The smallest absolute Gasteiger partial charge is 0.234 e. The minimum Gasteiger partial charge on any atom is -0.369 e. The second-order valence-electron chi connectivity index (χ2n) is 6.64. The number of anilines is 2. The number of carbonyl (C=O) groups excluding carboxylic acids is 1. The number of aryl methyl sites for hydroxylation is 2. The second-order valence-corrected chi connectivity index (χ2v) is 7.60. The summed E-state index contributed by atoms with van der Waals surface area (Å²) >= 11 is 1.29. The fourth-order valence-corrected chi connectivity index (χ4v) is 3.86. The van der Waals surface area contributed by atoms with E-state index in [9.17, 15) is 10.1 Å². The summed E-state index contributed by atoms with van der Waals surface area (Å²) in [5, 5.41) is 12.8. The van der Waals surface area contributed by atoms with Gasteiger partial charge in [0.1, 0.15) is 11.1 Å². The Kier molecular flexibility index (Phi) is 7.26. The summed E-state index contributed by atoms with van der Waals surface area (Å²) in [7, 11) is 0. The predicted molar refractivity (Wildman–Crippen MR) is 112 cm³/mol. The van der Waals surface area contributed by atoms with E-state index in [0.717, 1.165) is 29.2 Å². The van der Waals surface area contributed by atoms with Gasteiger partial charge in [0.15, 0.2) is 0 Å². The van der Waals surface area contributed by atoms with Gasteiger partial charge in [-0.3, -0.25) is 4.79 Å². The number of nitrogens with zero attached hydrogens (tertiary/aromatic N) is 3. The molecule has 0 fully saturated rings. The maximum atomic E-state index is 12.3. The Morgan fingerprint density at radius 1 is 1.30 bits per heavy atom. The third kappa shape index (κ3) is 5.48. The van der Waals surface area contributed by atoms with Crippen LogP contribution in [0.25, 0.3) is 0 Å². The molecule has 0 saturated heterocycles. The van der Waals surface area contributed by atoms with E-state index in [0.29, 0.717) is 16.6 Å². The number of nitriles is 1. The van der Waals surface area contributed by atoms with Crippen molar-refractivity contribution in [3.8, 4) is 6.07 Å². The highest BCUT2D eigenvalue weighted by atomic mass is 32.2. The molecular formula is C21H26N4OS. The van der Waals surface area contributed by atoms with Crippen LogP contribution in [0.2, 0.25) is 0 Å². The highest BCUT2D eigenvalue weighted by molar-refractivity contribution is 8.00. The molecule has 1 N–H and O–H groups in total. The first-order chi connectivity index (χ1) is 12.8. The van der Waals surface area contributed by atoms with Crippen molar-refractivity contribution in [3.63, 3.8) is 0 Å². The molecule has 0 spiro atoms. The molecule has 1 aromatic carbocycles. The molecule has 1 heterocycles. The molecule has 27 heavy (non-hydrogen) atoms. The van der Waals surface area contributed by atoms with Crippen molar-refractivity contribution >= 4 is 29.0 Å². The number of hydrogen-bond donors (Lipinski definition) is 1. The highest BCUT2D eigenvalue weighted by Crippen LogP contribution is 2.24. The van der Waals surface area contributed by atoms with E-state index in [2.05, 4.69) is 42.0 Å². The quantitative estimate of drug-likeness (QED) is 0.712. The second kappa shape index (κ2) is 9.43. The third-order valence-electron chi connectivity index (χ3n) is 4.21. The lowest BCUT2D eigenvalue weighted by atomic mass is 10.1. The lowest BCUT2D eigenvalue weighted by Gasteiger charge is -2.27. The first kappa shape index (κ1) is 20.8. The molecule has 0 aliphatic rings. The van der Waals surface area contributed by atoms with E-state index in [4.69, 9.17) is 0 Å². The number of thioether (sulfide) groups is 1. The molecule has 0 atom stereocenters. The largest absolute Gasteiger partial charge is 0.369 e. The molecule has 0 unspecified atom stereocenters. The Labute approximate surface area is 165 Å². The first-order valence-corrected chi connectivity index (χ1v) is 10.0. The van der Waals surface area contributed by atoms with E-state index in [1.54, 1.807) is 0 Å². The zero-order valence-corrected chi connectivity index (χ0v) is 17.4. The molecule has 0 radical (unpaired) electrons. The van der Waals surface area contributed by atoms with E-state index in [1.165, 1.54) is 11.8 Å². The Balaban J connectivity index is 2.00. The monoisotopic (exact) mass is 382 g/mol. The van der Waals surface area contributed by atoms with Gasteiger partial charge in [-0.1, -0.05) is 11.8 Å². The molecule has 2 rings (SSSR count). The highest BCUT2D eigenvalue weighted by Gasteiger charge is 2.12. The van der Waals surface area contributed by atoms with Gasteiger partial charge in [-0.15, -0.1) is 0 Å². The van der Waals surface area contributed by atoms with Crippen LogP contribution < -0.4 is 10.2 Å². The number of hydrogen-bond acceptors (Lipinski definition) is 5. The van der Waals surface area contributed by atoms with E-state index >= 15 is 0 Å². The average Bonchev–Trinajstić information content (AvgIpc) is 2.61. The molecule has 5 nitrogen and oxygen atoms in total. The van der Waals surface area contributed by atoms with Gasteiger partial charge in [0.2, 0.25) is 5.91 Å². The van der Waals surface area contributed by atoms with Crippen molar-refractivity contribution < 1.29 is 4.79 Å². The van der Waals surface area contributed by atoms with E-state index < -0.39 is 0 Å². The van der Waals surface area contributed by atoms with Crippen LogP contribution in [0.1, 0.15) is 37.6 Å². The minimum atomic E-state index is -0.117. The Morgan fingerprint density at radius 3 is 2.52 bits per heavy atom. The zero-order valence-electron chi connectivity index (χ0n) is 16.5. The number of amides is 1. The van der Waals surface area contributed by atoms with Crippen LogP contribution in [0.4, 0.5) is 11.4 Å². The normalized spacial score (nSPS) is 10.6. The number of pyridine rings is 1. The molecular weight excluding hydrogens is 356 g/mol. The predicted octanol–water partition coefficient (Wildman–Crippen LogP) is 4.54. The van der Waals surface area contributed by atoms with Crippen LogP contribution in [0.15, 0.2) is 35.4 Å². The summed E-state index contributed by atoms with van der Waals surface area (Å²) in [6.45, 7) is 11.2. The molecule has 1 amide bonds. The maximum absolute atomic E-state index is 12.3. The van der Waals surface area contributed by atoms with Crippen LogP contribution in [0, 0.1) is 25.2 Å². The van der Waals surface area contributed by atoms with Gasteiger partial charge in [-0.25, -0.2) is 4.98 Å². The molecule has 1 aromatic heterocycles. The number of carbonyl (C=O) groups is 1. The minimum absolute atomic E-state index is 0.117. The van der Waals surface area contributed by atoms with Gasteiger partial charge in [0, 0.05) is 29.7 Å². The SMILES string of the molecule is CCN(c1ccc(NC(=O)CSc2nc(C)cc(C)c2C#N)cc1)C(C)C. The maximum Gasteiger partial charge on any atom is 0.234 e. The van der Waals surface area contributed by atoms with E-state index in [1.807, 2.05) is 44.2 Å². The topological polar surface area (TPSA) is 69.0 Å². The van der Waals surface area contributed by atoms with Gasteiger partial charge in [0.25, 0.3) is 0 Å². The van der Waals surface area contributed by atoms with Crippen molar-refractivity contribution in [2.24, 2.45) is 0 Å². The van der Waals surface area contributed by atoms with Gasteiger partial charge >= 0.3 is 0 Å². The van der Waals surface area contributed by atoms with Gasteiger partial charge in [-0.2, -0.15) is 5.26 Å². The van der Waals surface area contributed by atoms with Crippen LogP contribution in [0.3, 0.4) is 0 Å². The molecule has 6 heteroatoms. The summed E-state index contributed by atoms with van der Waals surface area (Å²) in [5.74, 6) is 0.0909. The van der Waals surface area contributed by atoms with Crippen molar-refractivity contribution in [2.45, 2.75) is 45.7 Å². The van der Waals surface area contributed by atoms with Gasteiger partial charge < -0.3 is 10.2 Å². The summed E-state index contributed by atoms with van der Waals surface area (Å²) in [5.41, 5.74) is 4.16. The van der Waals surface area contributed by atoms with Crippen molar-refractivity contribution in [1.82, 2.24) is 4.98 Å². The van der Waals surface area contributed by atoms with Crippen LogP contribution >= 0.6 is 11.8 Å². The van der Waals surface area contributed by atoms with Gasteiger partial charge in [-0.05, 0) is 70.5 Å². The Morgan fingerprint density at radius 2 is 1.96 bits per heavy atom. The van der Waals surface area contributed by atoms with Crippen molar-refractivity contribution in [2.75, 3.05) is 22.5 Å². The lowest BCUT2D eigenvalue weighted by Crippen LogP contribution is -2.30. The Hall–Kier alpha value is -2.52. The van der Waals surface area contributed by atoms with Crippen LogP contribution in [-0.4, -0.2) is 29.2 Å². The van der Waals surface area contributed by atoms with Crippen molar-refractivity contribution in [3.05, 3.63) is 47.2 Å². The number of aromatic nitrogens is 1. The molecule has 0 saturated carbocycles. The fourth-order valence-electron chi connectivity index (χ4n) is 2.96. The summed E-state index contributed by atoms with van der Waals surface area (Å²) in [4.78, 5) is 19.0. The summed E-state index contributed by atoms with van der Waals surface area (Å²) in [6.07, 6.45) is 0. The summed E-state index contributed by atoms with van der Waals surface area (Å²) in [6, 6.07) is 12.3.